The summed E-state index contributed by atoms with van der Waals surface area (Å²) in [6, 6.07) is 15.4. The molecule has 0 bridgehead atoms. The molecule has 3 rings (SSSR count). The van der Waals surface area contributed by atoms with E-state index in [2.05, 4.69) is 0 Å². The second kappa shape index (κ2) is 8.08. The molecule has 2 N–H and O–H groups in total. The van der Waals surface area contributed by atoms with Crippen LogP contribution in [0.25, 0.3) is 21.9 Å². The van der Waals surface area contributed by atoms with E-state index in [1.54, 1.807) is 28.3 Å². The van der Waals surface area contributed by atoms with Gasteiger partial charge in [0.2, 0.25) is 5.75 Å². The third-order valence-corrected chi connectivity index (χ3v) is 4.52. The van der Waals surface area contributed by atoms with Gasteiger partial charge < -0.3 is 24.7 Å². The number of nitrogens with two attached hydrogens (primary N) is 1. The molecule has 0 aliphatic heterocycles. The van der Waals surface area contributed by atoms with Gasteiger partial charge in [0.05, 0.1) is 21.3 Å². The van der Waals surface area contributed by atoms with Crippen molar-refractivity contribution in [3.8, 4) is 34.1 Å². The van der Waals surface area contributed by atoms with Crippen LogP contribution in [0.2, 0.25) is 0 Å². The number of benzene rings is 3. The van der Waals surface area contributed by atoms with E-state index in [0.29, 0.717) is 23.0 Å². The molecule has 3 aromatic rings. The Kier molecular flexibility index (Phi) is 5.59. The van der Waals surface area contributed by atoms with Crippen LogP contribution in [-0.2, 0) is 4.79 Å². The number of methoxy groups -OCH3 is 3. The molecule has 0 saturated heterocycles. The molecule has 146 valence electrons. The highest BCUT2D eigenvalue weighted by molar-refractivity contribution is 5.98. The van der Waals surface area contributed by atoms with Crippen LogP contribution >= 0.6 is 0 Å². The van der Waals surface area contributed by atoms with Crippen LogP contribution in [0.1, 0.15) is 6.92 Å². The first kappa shape index (κ1) is 19.4. The molecular weight excluding hydrogens is 358 g/mol. The first-order valence-electron chi connectivity index (χ1n) is 8.77. The van der Waals surface area contributed by atoms with E-state index >= 15 is 0 Å². The third kappa shape index (κ3) is 3.67. The highest BCUT2D eigenvalue weighted by Gasteiger charge is 2.17. The molecule has 0 fully saturated rings. The fraction of sp³-hybridized carbons (Fsp3) is 0.227. The normalized spacial score (nSPS) is 11.7. The van der Waals surface area contributed by atoms with Crippen LogP contribution in [0.15, 0.2) is 48.5 Å². The standard InChI is InChI=1S/C22H23NO5/c1-13(22(23)24)28-16-9-14-7-5-6-8-17(14)18(12-16)15-10-19(25-2)21(27-4)20(11-15)26-3/h5-13H,1-4H3,(H2,23,24). The molecule has 0 heterocycles. The minimum atomic E-state index is -0.742. The second-order valence-corrected chi connectivity index (χ2v) is 6.27. The monoisotopic (exact) mass is 381 g/mol. The molecule has 1 amide bonds. The lowest BCUT2D eigenvalue weighted by Gasteiger charge is -2.17. The summed E-state index contributed by atoms with van der Waals surface area (Å²) in [4.78, 5) is 11.4. The van der Waals surface area contributed by atoms with E-state index in [1.807, 2.05) is 48.5 Å². The van der Waals surface area contributed by atoms with Gasteiger partial charge in [0, 0.05) is 0 Å². The zero-order valence-electron chi connectivity index (χ0n) is 16.3. The lowest BCUT2D eigenvalue weighted by Crippen LogP contribution is -2.30. The zero-order chi connectivity index (χ0) is 20.3. The Morgan fingerprint density at radius 3 is 2.14 bits per heavy atom. The average molecular weight is 381 g/mol. The molecule has 3 aromatic carbocycles. The number of carbonyl (C=O) groups is 1. The van der Waals surface area contributed by atoms with Crippen LogP contribution in [0.5, 0.6) is 23.0 Å². The highest BCUT2D eigenvalue weighted by atomic mass is 16.5. The lowest BCUT2D eigenvalue weighted by molar-refractivity contribution is -0.123. The van der Waals surface area contributed by atoms with Crippen molar-refractivity contribution < 1.29 is 23.7 Å². The number of hydrogen-bond acceptors (Lipinski definition) is 5. The first-order valence-corrected chi connectivity index (χ1v) is 8.77. The van der Waals surface area contributed by atoms with Crippen molar-refractivity contribution in [2.24, 2.45) is 5.73 Å². The van der Waals surface area contributed by atoms with E-state index in [-0.39, 0.29) is 0 Å². The maximum atomic E-state index is 11.4. The topological polar surface area (TPSA) is 80.0 Å². The van der Waals surface area contributed by atoms with Crippen molar-refractivity contribution in [3.63, 3.8) is 0 Å². The van der Waals surface area contributed by atoms with Gasteiger partial charge in [-0.05, 0) is 53.1 Å². The van der Waals surface area contributed by atoms with Crippen molar-refractivity contribution in [1.82, 2.24) is 0 Å². The smallest absolute Gasteiger partial charge is 0.258 e. The predicted molar refractivity (Wildman–Crippen MR) is 108 cm³/mol. The highest BCUT2D eigenvalue weighted by Crippen LogP contribution is 2.43. The van der Waals surface area contributed by atoms with Gasteiger partial charge in [0.25, 0.3) is 5.91 Å². The van der Waals surface area contributed by atoms with Crippen LogP contribution in [0.3, 0.4) is 0 Å². The maximum absolute atomic E-state index is 11.4. The molecule has 0 aliphatic carbocycles. The summed E-state index contributed by atoms with van der Waals surface area (Å²) in [5.74, 6) is 1.65. The van der Waals surface area contributed by atoms with Crippen molar-refractivity contribution in [2.75, 3.05) is 21.3 Å². The van der Waals surface area contributed by atoms with Crippen molar-refractivity contribution in [1.29, 1.82) is 0 Å². The average Bonchev–Trinajstić information content (AvgIpc) is 2.71. The number of carbonyl (C=O) groups excluding carboxylic acids is 1. The molecule has 0 aliphatic rings. The molecule has 6 heteroatoms. The maximum Gasteiger partial charge on any atom is 0.258 e. The zero-order valence-corrected chi connectivity index (χ0v) is 16.3. The van der Waals surface area contributed by atoms with E-state index in [0.717, 1.165) is 21.9 Å². The Bertz CT molecular complexity index is 990. The molecule has 28 heavy (non-hydrogen) atoms. The molecule has 0 radical (unpaired) electrons. The van der Waals surface area contributed by atoms with Gasteiger partial charge in [-0.2, -0.15) is 0 Å². The van der Waals surface area contributed by atoms with E-state index in [9.17, 15) is 4.79 Å². The fourth-order valence-electron chi connectivity index (χ4n) is 3.09. The van der Waals surface area contributed by atoms with E-state index < -0.39 is 12.0 Å². The van der Waals surface area contributed by atoms with Gasteiger partial charge >= 0.3 is 0 Å². The van der Waals surface area contributed by atoms with Crippen molar-refractivity contribution in [3.05, 3.63) is 48.5 Å². The van der Waals surface area contributed by atoms with Crippen LogP contribution < -0.4 is 24.7 Å². The predicted octanol–water partition coefficient (Wildman–Crippen LogP) is 3.79. The van der Waals surface area contributed by atoms with Gasteiger partial charge in [0.15, 0.2) is 17.6 Å². The van der Waals surface area contributed by atoms with Crippen LogP contribution in [0.4, 0.5) is 0 Å². The summed E-state index contributed by atoms with van der Waals surface area (Å²) in [6.07, 6.45) is -0.742. The Hall–Kier alpha value is -3.41. The Balaban J connectivity index is 2.23. The molecule has 0 spiro atoms. The van der Waals surface area contributed by atoms with Crippen molar-refractivity contribution >= 4 is 16.7 Å². The first-order chi connectivity index (χ1) is 13.5. The molecule has 0 saturated carbocycles. The second-order valence-electron chi connectivity index (χ2n) is 6.27. The summed E-state index contributed by atoms with van der Waals surface area (Å²) in [5, 5.41) is 2.00. The molecular formula is C22H23NO5. The minimum absolute atomic E-state index is 0.521. The van der Waals surface area contributed by atoms with Gasteiger partial charge in [-0.25, -0.2) is 0 Å². The Morgan fingerprint density at radius 1 is 0.929 bits per heavy atom. The summed E-state index contributed by atoms with van der Waals surface area (Å²) < 4.78 is 22.1. The Labute approximate surface area is 163 Å². The van der Waals surface area contributed by atoms with Gasteiger partial charge in [0.1, 0.15) is 5.75 Å². The third-order valence-electron chi connectivity index (χ3n) is 4.52. The summed E-state index contributed by atoms with van der Waals surface area (Å²) in [7, 11) is 4.72. The molecule has 1 atom stereocenters. The SMILES string of the molecule is COc1cc(-c2cc(OC(C)C(N)=O)cc3ccccc23)cc(OC)c1OC. The number of primary amides is 1. The van der Waals surface area contributed by atoms with Gasteiger partial charge in [-0.3, -0.25) is 4.79 Å². The summed E-state index contributed by atoms with van der Waals surface area (Å²) in [5.41, 5.74) is 7.11. The van der Waals surface area contributed by atoms with Crippen LogP contribution in [0, 0.1) is 0 Å². The number of hydrogen-bond donors (Lipinski definition) is 1. The largest absolute Gasteiger partial charge is 0.493 e. The fourth-order valence-corrected chi connectivity index (χ4v) is 3.09. The number of fused-ring (bicyclic) bond motifs is 1. The number of amides is 1. The number of ether oxygens (including phenoxy) is 4. The van der Waals surface area contributed by atoms with Crippen LogP contribution in [-0.4, -0.2) is 33.3 Å². The number of rotatable bonds is 7. The molecule has 6 nitrogen and oxygen atoms in total. The summed E-state index contributed by atoms with van der Waals surface area (Å²) >= 11 is 0. The Morgan fingerprint density at radius 2 is 1.57 bits per heavy atom. The summed E-state index contributed by atoms with van der Waals surface area (Å²) in [6.45, 7) is 1.62. The quantitative estimate of drug-likeness (QED) is 0.674. The van der Waals surface area contributed by atoms with E-state index in [1.165, 1.54) is 0 Å². The van der Waals surface area contributed by atoms with Gasteiger partial charge in [-0.15, -0.1) is 0 Å². The molecule has 0 aromatic heterocycles. The van der Waals surface area contributed by atoms with Crippen molar-refractivity contribution in [2.45, 2.75) is 13.0 Å². The minimum Gasteiger partial charge on any atom is -0.493 e. The molecule has 1 unspecified atom stereocenters. The van der Waals surface area contributed by atoms with Gasteiger partial charge in [-0.1, -0.05) is 24.3 Å². The van der Waals surface area contributed by atoms with E-state index in [4.69, 9.17) is 24.7 Å². The lowest BCUT2D eigenvalue weighted by atomic mass is 9.97.